The summed E-state index contributed by atoms with van der Waals surface area (Å²) in [4.78, 5) is 24.0. The number of carbonyl (C=O) groups excluding carboxylic acids is 2. The standard InChI is InChI=1S/C19H21NO5/c1-23-16-7-6-12(10-17(16)24-2)8-9-20-19(22)18-11-13-14(21)4-3-5-15(13)25-18/h6-7,10-11H,3-5,8-9H2,1-2H3,(H,20,22). The summed E-state index contributed by atoms with van der Waals surface area (Å²) in [5.41, 5.74) is 1.57. The van der Waals surface area contributed by atoms with Gasteiger partial charge in [0, 0.05) is 25.5 Å². The van der Waals surface area contributed by atoms with Crippen molar-refractivity contribution in [3.63, 3.8) is 0 Å². The van der Waals surface area contributed by atoms with Crippen LogP contribution in [-0.4, -0.2) is 32.5 Å². The van der Waals surface area contributed by atoms with Gasteiger partial charge < -0.3 is 19.2 Å². The molecular formula is C19H21NO5. The number of ketones is 1. The molecule has 0 fully saturated rings. The summed E-state index contributed by atoms with van der Waals surface area (Å²) in [5, 5.41) is 2.82. The average molecular weight is 343 g/mol. The number of amides is 1. The molecule has 0 radical (unpaired) electrons. The topological polar surface area (TPSA) is 77.8 Å². The highest BCUT2D eigenvalue weighted by Crippen LogP contribution is 2.27. The maximum atomic E-state index is 12.2. The summed E-state index contributed by atoms with van der Waals surface area (Å²) in [7, 11) is 3.18. The van der Waals surface area contributed by atoms with Crippen LogP contribution in [0.4, 0.5) is 0 Å². The van der Waals surface area contributed by atoms with Gasteiger partial charge in [0.15, 0.2) is 23.0 Å². The first-order chi connectivity index (χ1) is 12.1. The lowest BCUT2D eigenvalue weighted by Gasteiger charge is -2.09. The number of ether oxygens (including phenoxy) is 2. The van der Waals surface area contributed by atoms with Crippen molar-refractivity contribution < 1.29 is 23.5 Å². The third-order valence-corrected chi connectivity index (χ3v) is 4.29. The average Bonchev–Trinajstić information content (AvgIpc) is 3.07. The quantitative estimate of drug-likeness (QED) is 0.873. The van der Waals surface area contributed by atoms with E-state index in [1.54, 1.807) is 20.3 Å². The van der Waals surface area contributed by atoms with Crippen LogP contribution in [0.5, 0.6) is 11.5 Å². The van der Waals surface area contributed by atoms with Crippen LogP contribution in [-0.2, 0) is 12.8 Å². The number of nitrogens with one attached hydrogen (secondary N) is 1. The molecule has 0 spiro atoms. The lowest BCUT2D eigenvalue weighted by molar-refractivity contribution is 0.0920. The Kier molecular flexibility index (Phi) is 5.07. The van der Waals surface area contributed by atoms with E-state index in [4.69, 9.17) is 13.9 Å². The number of benzene rings is 1. The molecule has 25 heavy (non-hydrogen) atoms. The van der Waals surface area contributed by atoms with Crippen LogP contribution in [0.15, 0.2) is 28.7 Å². The molecule has 1 aliphatic carbocycles. The fourth-order valence-corrected chi connectivity index (χ4v) is 2.95. The summed E-state index contributed by atoms with van der Waals surface area (Å²) >= 11 is 0. The van der Waals surface area contributed by atoms with E-state index in [9.17, 15) is 9.59 Å². The molecule has 0 aliphatic heterocycles. The second kappa shape index (κ2) is 7.42. The highest BCUT2D eigenvalue weighted by Gasteiger charge is 2.24. The molecule has 1 N–H and O–H groups in total. The van der Waals surface area contributed by atoms with Crippen molar-refractivity contribution in [2.75, 3.05) is 20.8 Å². The van der Waals surface area contributed by atoms with E-state index in [1.165, 1.54) is 0 Å². The molecule has 1 aliphatic rings. The van der Waals surface area contributed by atoms with Gasteiger partial charge >= 0.3 is 0 Å². The van der Waals surface area contributed by atoms with Gasteiger partial charge in [0.25, 0.3) is 5.91 Å². The van der Waals surface area contributed by atoms with E-state index in [2.05, 4.69) is 5.32 Å². The molecule has 0 unspecified atom stereocenters. The first kappa shape index (κ1) is 17.1. The Balaban J connectivity index is 1.59. The van der Waals surface area contributed by atoms with E-state index in [1.807, 2.05) is 18.2 Å². The molecule has 1 heterocycles. The highest BCUT2D eigenvalue weighted by molar-refractivity contribution is 6.01. The zero-order valence-corrected chi connectivity index (χ0v) is 14.4. The number of aryl methyl sites for hydroxylation is 1. The Bertz CT molecular complexity index is 793. The molecule has 0 bridgehead atoms. The minimum atomic E-state index is -0.303. The van der Waals surface area contributed by atoms with Crippen molar-refractivity contribution in [3.05, 3.63) is 46.9 Å². The first-order valence-electron chi connectivity index (χ1n) is 8.27. The zero-order valence-electron chi connectivity index (χ0n) is 14.4. The van der Waals surface area contributed by atoms with Gasteiger partial charge in [0.1, 0.15) is 5.76 Å². The van der Waals surface area contributed by atoms with Crippen molar-refractivity contribution in [2.24, 2.45) is 0 Å². The number of methoxy groups -OCH3 is 2. The lowest BCUT2D eigenvalue weighted by Crippen LogP contribution is -2.25. The summed E-state index contributed by atoms with van der Waals surface area (Å²) in [6, 6.07) is 7.21. The summed E-state index contributed by atoms with van der Waals surface area (Å²) < 4.78 is 16.0. The molecule has 1 aromatic heterocycles. The number of Topliss-reactive ketones (excluding diaryl/α,β-unsaturated/α-hetero) is 1. The molecule has 0 saturated heterocycles. The van der Waals surface area contributed by atoms with Crippen LogP contribution in [0, 0.1) is 0 Å². The Hall–Kier alpha value is -2.76. The molecule has 1 aromatic carbocycles. The van der Waals surface area contributed by atoms with Crippen LogP contribution >= 0.6 is 0 Å². The smallest absolute Gasteiger partial charge is 0.287 e. The van der Waals surface area contributed by atoms with E-state index < -0.39 is 0 Å². The van der Waals surface area contributed by atoms with E-state index >= 15 is 0 Å². The van der Waals surface area contributed by atoms with Crippen LogP contribution in [0.1, 0.15) is 45.1 Å². The Labute approximate surface area is 146 Å². The van der Waals surface area contributed by atoms with Crippen LogP contribution < -0.4 is 14.8 Å². The fourth-order valence-electron chi connectivity index (χ4n) is 2.95. The molecule has 132 valence electrons. The summed E-state index contributed by atoms with van der Waals surface area (Å²) in [5.74, 6) is 1.90. The van der Waals surface area contributed by atoms with Crippen LogP contribution in [0.3, 0.4) is 0 Å². The van der Waals surface area contributed by atoms with Crippen molar-refractivity contribution >= 4 is 11.7 Å². The van der Waals surface area contributed by atoms with Crippen molar-refractivity contribution in [1.82, 2.24) is 5.32 Å². The van der Waals surface area contributed by atoms with Gasteiger partial charge in [-0.05, 0) is 30.5 Å². The SMILES string of the molecule is COc1ccc(CCNC(=O)c2cc3c(o2)CCCC3=O)cc1OC. The second-order valence-corrected chi connectivity index (χ2v) is 5.92. The number of carbonyl (C=O) groups is 2. The fraction of sp³-hybridized carbons (Fsp3) is 0.368. The van der Waals surface area contributed by atoms with Gasteiger partial charge in [0.2, 0.25) is 0 Å². The van der Waals surface area contributed by atoms with Crippen molar-refractivity contribution in [2.45, 2.75) is 25.7 Å². The van der Waals surface area contributed by atoms with Gasteiger partial charge in [-0.25, -0.2) is 0 Å². The van der Waals surface area contributed by atoms with Gasteiger partial charge in [-0.3, -0.25) is 9.59 Å². The van der Waals surface area contributed by atoms with E-state index in [0.717, 1.165) is 12.0 Å². The number of hydrogen-bond donors (Lipinski definition) is 1. The number of hydrogen-bond acceptors (Lipinski definition) is 5. The van der Waals surface area contributed by atoms with Gasteiger partial charge in [-0.1, -0.05) is 6.07 Å². The van der Waals surface area contributed by atoms with Crippen LogP contribution in [0.2, 0.25) is 0 Å². The number of rotatable bonds is 6. The molecule has 6 heteroatoms. The largest absolute Gasteiger partial charge is 0.493 e. The molecule has 2 aromatic rings. The predicted molar refractivity (Wildman–Crippen MR) is 91.6 cm³/mol. The van der Waals surface area contributed by atoms with Gasteiger partial charge in [0.05, 0.1) is 19.8 Å². The number of furan rings is 1. The molecule has 3 rings (SSSR count). The zero-order chi connectivity index (χ0) is 17.8. The van der Waals surface area contributed by atoms with Gasteiger partial charge in [-0.2, -0.15) is 0 Å². The molecule has 0 saturated carbocycles. The molecule has 6 nitrogen and oxygen atoms in total. The maximum absolute atomic E-state index is 12.2. The van der Waals surface area contributed by atoms with Crippen molar-refractivity contribution in [3.8, 4) is 11.5 Å². The third-order valence-electron chi connectivity index (χ3n) is 4.29. The third kappa shape index (κ3) is 3.68. The number of fused-ring (bicyclic) bond motifs is 1. The van der Waals surface area contributed by atoms with E-state index in [-0.39, 0.29) is 17.5 Å². The summed E-state index contributed by atoms with van der Waals surface area (Å²) in [6.45, 7) is 0.452. The second-order valence-electron chi connectivity index (χ2n) is 5.92. The Morgan fingerprint density at radius 2 is 1.96 bits per heavy atom. The predicted octanol–water partition coefficient (Wildman–Crippen LogP) is 2.79. The van der Waals surface area contributed by atoms with Gasteiger partial charge in [-0.15, -0.1) is 0 Å². The molecule has 1 amide bonds. The highest BCUT2D eigenvalue weighted by atomic mass is 16.5. The Morgan fingerprint density at radius 3 is 2.68 bits per heavy atom. The monoisotopic (exact) mass is 343 g/mol. The lowest BCUT2D eigenvalue weighted by atomic mass is 9.97. The minimum Gasteiger partial charge on any atom is -0.493 e. The van der Waals surface area contributed by atoms with E-state index in [0.29, 0.717) is 48.6 Å². The Morgan fingerprint density at radius 1 is 1.16 bits per heavy atom. The molecular weight excluding hydrogens is 322 g/mol. The maximum Gasteiger partial charge on any atom is 0.287 e. The van der Waals surface area contributed by atoms with Crippen LogP contribution in [0.25, 0.3) is 0 Å². The normalized spacial score (nSPS) is 13.3. The van der Waals surface area contributed by atoms with Crippen molar-refractivity contribution in [1.29, 1.82) is 0 Å². The summed E-state index contributed by atoms with van der Waals surface area (Å²) in [6.07, 6.45) is 2.65. The first-order valence-corrected chi connectivity index (χ1v) is 8.27. The molecule has 0 atom stereocenters. The minimum absolute atomic E-state index is 0.0503.